The Labute approximate surface area is 221 Å². The van der Waals surface area contributed by atoms with E-state index in [2.05, 4.69) is 5.32 Å². The number of carbonyl (C=O) groups excluding carboxylic acids is 2. The summed E-state index contributed by atoms with van der Waals surface area (Å²) in [6.07, 6.45) is 0. The quantitative estimate of drug-likeness (QED) is 0.313. The second kappa shape index (κ2) is 10.8. The summed E-state index contributed by atoms with van der Waals surface area (Å²) in [6, 6.07) is 27.3. The van der Waals surface area contributed by atoms with Crippen molar-refractivity contribution in [1.29, 1.82) is 0 Å². The number of hydrogen-bond acceptors (Lipinski definition) is 5. The smallest absolute Gasteiger partial charge is 0.340 e. The predicted octanol–water partition coefficient (Wildman–Crippen LogP) is 5.95. The lowest BCUT2D eigenvalue weighted by Gasteiger charge is -2.31. The van der Waals surface area contributed by atoms with E-state index in [0.717, 1.165) is 33.0 Å². The van der Waals surface area contributed by atoms with Gasteiger partial charge in [-0.3, -0.25) is 10.1 Å². The molecule has 0 saturated carbocycles. The highest BCUT2D eigenvalue weighted by Gasteiger charge is 2.38. The number of aryl methyl sites for hydroxylation is 2. The molecule has 1 amide bonds. The number of fused-ring (bicyclic) bond motifs is 3. The second-order valence-corrected chi connectivity index (χ2v) is 9.21. The molecule has 0 bridgehead atoms. The lowest BCUT2D eigenvalue weighted by Crippen LogP contribution is -2.36. The molecule has 5 rings (SSSR count). The fourth-order valence-electron chi connectivity index (χ4n) is 4.76. The Morgan fingerprint density at radius 3 is 2.47 bits per heavy atom. The van der Waals surface area contributed by atoms with Gasteiger partial charge in [-0.05, 0) is 60.4 Å². The van der Waals surface area contributed by atoms with Crippen molar-refractivity contribution in [3.05, 3.63) is 119 Å². The molecule has 4 aromatic carbocycles. The summed E-state index contributed by atoms with van der Waals surface area (Å²) in [7, 11) is 0. The highest BCUT2D eigenvalue weighted by atomic mass is 16.5. The van der Waals surface area contributed by atoms with Crippen molar-refractivity contribution in [2.45, 2.75) is 26.7 Å². The zero-order valence-corrected chi connectivity index (χ0v) is 21.6. The Kier molecular flexibility index (Phi) is 7.13. The molecule has 1 N–H and O–H groups in total. The van der Waals surface area contributed by atoms with E-state index < -0.39 is 17.8 Å². The number of esters is 1. The normalized spacial score (nSPS) is 14.4. The fraction of sp³-hybridized carbons (Fsp3) is 0.188. The molecule has 1 atom stereocenters. The Morgan fingerprint density at radius 2 is 1.68 bits per heavy atom. The van der Waals surface area contributed by atoms with E-state index >= 15 is 0 Å². The first kappa shape index (κ1) is 25.1. The molecule has 0 aliphatic carbocycles. The third-order valence-corrected chi connectivity index (χ3v) is 6.55. The number of rotatable bonds is 7. The highest BCUT2D eigenvalue weighted by Crippen LogP contribution is 2.46. The van der Waals surface area contributed by atoms with Gasteiger partial charge in [0, 0.05) is 5.56 Å². The largest absolute Gasteiger partial charge is 0.483 e. The third-order valence-electron chi connectivity index (χ3n) is 6.55. The Hall–Kier alpha value is -4.58. The lowest BCUT2D eigenvalue weighted by molar-refractivity contribution is -0.139. The zero-order valence-electron chi connectivity index (χ0n) is 21.6. The van der Waals surface area contributed by atoms with Crippen LogP contribution >= 0.6 is 0 Å². The van der Waals surface area contributed by atoms with Gasteiger partial charge < -0.3 is 14.2 Å². The predicted molar refractivity (Wildman–Crippen MR) is 146 cm³/mol. The molecule has 1 unspecified atom stereocenters. The minimum atomic E-state index is -0.550. The first-order chi connectivity index (χ1) is 18.5. The minimum Gasteiger partial charge on any atom is -0.483 e. The van der Waals surface area contributed by atoms with Gasteiger partial charge in [0.25, 0.3) is 5.91 Å². The lowest BCUT2D eigenvalue weighted by atomic mass is 9.80. The Morgan fingerprint density at radius 1 is 0.921 bits per heavy atom. The van der Waals surface area contributed by atoms with Crippen molar-refractivity contribution >= 4 is 22.6 Å². The van der Waals surface area contributed by atoms with E-state index in [-0.39, 0.29) is 24.7 Å². The molecule has 38 heavy (non-hydrogen) atoms. The van der Waals surface area contributed by atoms with Crippen LogP contribution in [-0.2, 0) is 14.3 Å². The van der Waals surface area contributed by atoms with Gasteiger partial charge in [-0.2, -0.15) is 0 Å². The number of benzene rings is 4. The SMILES string of the molecule is CCOC(=O)C1=C(NC(=O)COc2cc(C)ccc2C)Oc2ccc3ccccc3c2C1c1ccccc1. The molecule has 6 nitrogen and oxygen atoms in total. The van der Waals surface area contributed by atoms with Crippen LogP contribution in [0.4, 0.5) is 0 Å². The molecule has 0 radical (unpaired) electrons. The maximum Gasteiger partial charge on any atom is 0.340 e. The first-order valence-corrected chi connectivity index (χ1v) is 12.6. The van der Waals surface area contributed by atoms with E-state index in [1.807, 2.05) is 98.8 Å². The van der Waals surface area contributed by atoms with Crippen molar-refractivity contribution in [1.82, 2.24) is 5.32 Å². The number of amides is 1. The van der Waals surface area contributed by atoms with Gasteiger partial charge in [0.05, 0.1) is 12.5 Å². The Balaban J connectivity index is 1.57. The summed E-state index contributed by atoms with van der Waals surface area (Å²) >= 11 is 0. The molecule has 0 spiro atoms. The van der Waals surface area contributed by atoms with Crippen LogP contribution in [0.1, 0.15) is 35.1 Å². The summed E-state index contributed by atoms with van der Waals surface area (Å²) in [5.74, 6) is -0.265. The molecule has 1 aliphatic heterocycles. The van der Waals surface area contributed by atoms with Crippen LogP contribution in [0.3, 0.4) is 0 Å². The molecule has 4 aromatic rings. The first-order valence-electron chi connectivity index (χ1n) is 12.6. The van der Waals surface area contributed by atoms with Crippen molar-refractivity contribution in [3.63, 3.8) is 0 Å². The highest BCUT2D eigenvalue weighted by molar-refractivity contribution is 5.98. The van der Waals surface area contributed by atoms with Crippen molar-refractivity contribution in [2.24, 2.45) is 0 Å². The molecular weight excluding hydrogens is 478 g/mol. The van der Waals surface area contributed by atoms with Gasteiger partial charge in [0.2, 0.25) is 5.88 Å². The molecule has 192 valence electrons. The van der Waals surface area contributed by atoms with Crippen LogP contribution in [0, 0.1) is 13.8 Å². The number of hydrogen-bond donors (Lipinski definition) is 1. The summed E-state index contributed by atoms with van der Waals surface area (Å²) in [5.41, 5.74) is 3.93. The van der Waals surface area contributed by atoms with Crippen LogP contribution in [0.2, 0.25) is 0 Å². The Bertz CT molecular complexity index is 1540. The molecule has 0 saturated heterocycles. The minimum absolute atomic E-state index is 0.0506. The van der Waals surface area contributed by atoms with E-state index in [1.165, 1.54) is 0 Å². The van der Waals surface area contributed by atoms with Gasteiger partial charge in [-0.15, -0.1) is 0 Å². The average Bonchev–Trinajstić information content (AvgIpc) is 2.93. The van der Waals surface area contributed by atoms with E-state index in [1.54, 1.807) is 6.92 Å². The molecule has 0 fully saturated rings. The third kappa shape index (κ3) is 4.98. The summed E-state index contributed by atoms with van der Waals surface area (Å²) in [4.78, 5) is 26.5. The maximum atomic E-state index is 13.4. The second-order valence-electron chi connectivity index (χ2n) is 9.21. The van der Waals surface area contributed by atoms with Gasteiger partial charge in [-0.1, -0.05) is 72.8 Å². The van der Waals surface area contributed by atoms with Crippen molar-refractivity contribution in [3.8, 4) is 11.5 Å². The number of ether oxygens (including phenoxy) is 3. The maximum absolute atomic E-state index is 13.4. The molecule has 6 heteroatoms. The molecule has 0 aromatic heterocycles. The standard InChI is InChI=1S/C32H29NO5/c1-4-36-32(35)30-28(23-11-6-5-7-12-23)29-24-13-9-8-10-22(24)16-17-25(29)38-31(30)33-27(34)19-37-26-18-20(2)14-15-21(26)3/h5-18,28H,4,19H2,1-3H3,(H,33,34). The average molecular weight is 508 g/mol. The van der Waals surface area contributed by atoms with Gasteiger partial charge >= 0.3 is 5.97 Å². The summed E-state index contributed by atoms with van der Waals surface area (Å²) in [6.45, 7) is 5.57. The van der Waals surface area contributed by atoms with Crippen molar-refractivity contribution < 1.29 is 23.8 Å². The van der Waals surface area contributed by atoms with Crippen LogP contribution < -0.4 is 14.8 Å². The van der Waals surface area contributed by atoms with Crippen LogP contribution in [0.15, 0.2) is 96.4 Å². The number of nitrogens with one attached hydrogen (secondary N) is 1. The van der Waals surface area contributed by atoms with Crippen LogP contribution in [0.25, 0.3) is 10.8 Å². The van der Waals surface area contributed by atoms with Gasteiger partial charge in [0.15, 0.2) is 6.61 Å². The monoisotopic (exact) mass is 507 g/mol. The summed E-state index contributed by atoms with van der Waals surface area (Å²) < 4.78 is 17.5. The zero-order chi connectivity index (χ0) is 26.6. The van der Waals surface area contributed by atoms with Gasteiger partial charge in [0.1, 0.15) is 17.1 Å². The van der Waals surface area contributed by atoms with Crippen LogP contribution in [0.5, 0.6) is 11.5 Å². The molecule has 1 heterocycles. The van der Waals surface area contributed by atoms with Gasteiger partial charge in [-0.25, -0.2) is 4.79 Å². The van der Waals surface area contributed by atoms with Crippen molar-refractivity contribution in [2.75, 3.05) is 13.2 Å². The molecule has 1 aliphatic rings. The van der Waals surface area contributed by atoms with Crippen LogP contribution in [-0.4, -0.2) is 25.1 Å². The topological polar surface area (TPSA) is 73.9 Å². The number of carbonyl (C=O) groups is 2. The molecular formula is C32H29NO5. The van der Waals surface area contributed by atoms with E-state index in [4.69, 9.17) is 14.2 Å². The summed E-state index contributed by atoms with van der Waals surface area (Å²) in [5, 5.41) is 4.78. The van der Waals surface area contributed by atoms with E-state index in [9.17, 15) is 9.59 Å². The van der Waals surface area contributed by atoms with E-state index in [0.29, 0.717) is 11.5 Å². The fourth-order valence-corrected chi connectivity index (χ4v) is 4.76.